The van der Waals surface area contributed by atoms with Gasteiger partial charge in [-0.3, -0.25) is 9.52 Å². The fraction of sp³-hybridized carbons (Fsp3) is 0.188. The van der Waals surface area contributed by atoms with Crippen molar-refractivity contribution < 1.29 is 44.3 Å². The third-order valence-corrected chi connectivity index (χ3v) is 4.68. The van der Waals surface area contributed by atoms with Crippen LogP contribution in [0.4, 0.5) is 32.0 Å². The summed E-state index contributed by atoms with van der Waals surface area (Å²) >= 11 is 0. The maximum atomic E-state index is 12.8. The Kier molecular flexibility index (Phi) is 5.64. The number of rotatable bonds is 5. The number of ether oxygens (including phenoxy) is 1. The Labute approximate surface area is 155 Å². The van der Waals surface area contributed by atoms with E-state index in [9.17, 15) is 39.6 Å². The molecule has 152 valence electrons. The normalized spacial score (nSPS) is 12.5. The van der Waals surface area contributed by atoms with E-state index in [1.165, 1.54) is 24.3 Å². The average Bonchev–Trinajstić information content (AvgIpc) is 2.53. The van der Waals surface area contributed by atoms with Crippen LogP contribution in [0.15, 0.2) is 47.4 Å². The zero-order valence-corrected chi connectivity index (χ0v) is 14.7. The molecule has 1 N–H and O–H groups in total. The van der Waals surface area contributed by atoms with Gasteiger partial charge in [0.05, 0.1) is 16.1 Å². The first-order chi connectivity index (χ1) is 12.7. The van der Waals surface area contributed by atoms with E-state index in [2.05, 4.69) is 4.74 Å². The summed E-state index contributed by atoms with van der Waals surface area (Å²) in [6, 6.07) is 6.51. The number of hydrogen-bond donors (Lipinski definition) is 1. The summed E-state index contributed by atoms with van der Waals surface area (Å²) in [5, 5.41) is 0. The summed E-state index contributed by atoms with van der Waals surface area (Å²) in [5.74, 6) is -3.65. The van der Waals surface area contributed by atoms with Crippen LogP contribution in [-0.4, -0.2) is 26.7 Å². The topological polar surface area (TPSA) is 72.5 Å². The lowest BCUT2D eigenvalue weighted by atomic mass is 10.1. The molecular weight excluding hydrogens is 416 g/mol. The monoisotopic (exact) mass is 427 g/mol. The fourth-order valence-electron chi connectivity index (χ4n) is 2.07. The zero-order valence-electron chi connectivity index (χ0n) is 13.9. The van der Waals surface area contributed by atoms with Crippen LogP contribution >= 0.6 is 0 Å². The highest BCUT2D eigenvalue weighted by Gasteiger charge is 2.41. The number of carbonyl (C=O) groups is 1. The molecule has 0 heterocycles. The van der Waals surface area contributed by atoms with Gasteiger partial charge >= 0.3 is 12.5 Å². The van der Waals surface area contributed by atoms with Crippen LogP contribution in [0.3, 0.4) is 0 Å². The van der Waals surface area contributed by atoms with Crippen molar-refractivity contribution in [2.24, 2.45) is 0 Å². The molecule has 0 unspecified atom stereocenters. The van der Waals surface area contributed by atoms with Gasteiger partial charge in [-0.05, 0) is 37.3 Å². The van der Waals surface area contributed by atoms with E-state index < -0.39 is 45.3 Å². The molecule has 0 atom stereocenters. The SMILES string of the molecule is Cc1ccc(S(=O)(=O)Nc2ccc(OC(F)(F)F)cc2C(=O)C(F)(F)F)cc1. The van der Waals surface area contributed by atoms with E-state index >= 15 is 0 Å². The highest BCUT2D eigenvalue weighted by atomic mass is 32.2. The Balaban J connectivity index is 2.50. The lowest BCUT2D eigenvalue weighted by Crippen LogP contribution is -2.25. The molecule has 0 saturated heterocycles. The van der Waals surface area contributed by atoms with Gasteiger partial charge in [0.25, 0.3) is 15.8 Å². The minimum atomic E-state index is -5.46. The minimum absolute atomic E-state index is 0.163. The Hall–Kier alpha value is -2.76. The van der Waals surface area contributed by atoms with E-state index in [1.54, 1.807) is 11.6 Å². The quantitative estimate of drug-likeness (QED) is 0.566. The Morgan fingerprint density at radius 3 is 2.04 bits per heavy atom. The van der Waals surface area contributed by atoms with Crippen molar-refractivity contribution in [3.8, 4) is 5.75 Å². The van der Waals surface area contributed by atoms with E-state index in [1.807, 2.05) is 0 Å². The Bertz CT molecular complexity index is 982. The van der Waals surface area contributed by atoms with Crippen LogP contribution in [0, 0.1) is 6.92 Å². The van der Waals surface area contributed by atoms with Crippen LogP contribution in [0.1, 0.15) is 15.9 Å². The smallest absolute Gasteiger partial charge is 0.406 e. The molecule has 12 heteroatoms. The molecule has 28 heavy (non-hydrogen) atoms. The first-order valence-corrected chi connectivity index (χ1v) is 8.78. The lowest BCUT2D eigenvalue weighted by molar-refractivity contribution is -0.274. The standard InChI is InChI=1S/C16H11F6NO4S/c1-9-2-5-11(6-3-9)28(25,26)23-13-7-4-10(27-16(20,21)22)8-12(13)14(24)15(17,18)19/h2-8,23H,1H3. The highest BCUT2D eigenvalue weighted by molar-refractivity contribution is 7.92. The number of benzene rings is 2. The number of ketones is 1. The maximum absolute atomic E-state index is 12.8. The summed E-state index contributed by atoms with van der Waals surface area (Å²) in [6.07, 6.45) is -10.7. The number of hydrogen-bond acceptors (Lipinski definition) is 4. The molecular formula is C16H11F6NO4S. The molecule has 0 aromatic heterocycles. The number of nitrogens with one attached hydrogen (secondary N) is 1. The molecule has 0 spiro atoms. The second kappa shape index (κ2) is 7.34. The predicted octanol–water partition coefficient (Wildman–Crippen LogP) is 4.44. The van der Waals surface area contributed by atoms with Crippen molar-refractivity contribution in [2.45, 2.75) is 24.4 Å². The van der Waals surface area contributed by atoms with Gasteiger partial charge in [0, 0.05) is 0 Å². The first-order valence-electron chi connectivity index (χ1n) is 7.30. The molecule has 5 nitrogen and oxygen atoms in total. The van der Waals surface area contributed by atoms with E-state index in [-0.39, 0.29) is 11.0 Å². The predicted molar refractivity (Wildman–Crippen MR) is 85.5 cm³/mol. The van der Waals surface area contributed by atoms with Crippen LogP contribution in [0.2, 0.25) is 0 Å². The molecule has 0 aliphatic carbocycles. The van der Waals surface area contributed by atoms with E-state index in [0.717, 1.165) is 0 Å². The van der Waals surface area contributed by atoms with Crippen LogP contribution < -0.4 is 9.46 Å². The van der Waals surface area contributed by atoms with Gasteiger partial charge in [-0.2, -0.15) is 13.2 Å². The number of carbonyl (C=O) groups excluding carboxylic acids is 1. The Morgan fingerprint density at radius 2 is 1.54 bits per heavy atom. The van der Waals surface area contributed by atoms with Crippen LogP contribution in [0.5, 0.6) is 5.75 Å². The van der Waals surface area contributed by atoms with Crippen molar-refractivity contribution in [1.82, 2.24) is 0 Å². The molecule has 0 saturated carbocycles. The minimum Gasteiger partial charge on any atom is -0.406 e. The van der Waals surface area contributed by atoms with Crippen molar-refractivity contribution in [3.05, 3.63) is 53.6 Å². The number of sulfonamides is 1. The number of aryl methyl sites for hydroxylation is 1. The second-order valence-corrected chi connectivity index (χ2v) is 7.18. The van der Waals surface area contributed by atoms with E-state index in [0.29, 0.717) is 17.7 Å². The van der Waals surface area contributed by atoms with Gasteiger partial charge in [-0.25, -0.2) is 8.42 Å². The summed E-state index contributed by atoms with van der Waals surface area (Å²) in [7, 11) is -4.41. The van der Waals surface area contributed by atoms with Gasteiger partial charge in [0.2, 0.25) is 0 Å². The van der Waals surface area contributed by atoms with Gasteiger partial charge in [0.1, 0.15) is 5.75 Å². The molecule has 0 radical (unpaired) electrons. The first kappa shape index (κ1) is 21.5. The van der Waals surface area contributed by atoms with E-state index in [4.69, 9.17) is 0 Å². The molecule has 0 aliphatic rings. The van der Waals surface area contributed by atoms with Gasteiger partial charge in [-0.15, -0.1) is 13.2 Å². The third kappa shape index (κ3) is 5.38. The molecule has 2 aromatic rings. The number of halogens is 6. The van der Waals surface area contributed by atoms with Crippen molar-refractivity contribution in [3.63, 3.8) is 0 Å². The number of alkyl halides is 6. The van der Waals surface area contributed by atoms with Crippen molar-refractivity contribution in [1.29, 1.82) is 0 Å². The summed E-state index contributed by atoms with van der Waals surface area (Å²) in [6.45, 7) is 1.67. The molecule has 0 fully saturated rings. The van der Waals surface area contributed by atoms with Crippen LogP contribution in [0.25, 0.3) is 0 Å². The summed E-state index contributed by atoms with van der Waals surface area (Å²) in [5.41, 5.74) is -1.48. The number of Topliss-reactive ketones (excluding diaryl/α,β-unsaturated/α-hetero) is 1. The average molecular weight is 427 g/mol. The summed E-state index contributed by atoms with van der Waals surface area (Å²) < 4.78 is 105. The van der Waals surface area contributed by atoms with Crippen LogP contribution in [-0.2, 0) is 10.0 Å². The van der Waals surface area contributed by atoms with Crippen molar-refractivity contribution >= 4 is 21.5 Å². The van der Waals surface area contributed by atoms with Gasteiger partial charge in [-0.1, -0.05) is 17.7 Å². The largest absolute Gasteiger partial charge is 0.573 e. The molecule has 2 aromatic carbocycles. The third-order valence-electron chi connectivity index (χ3n) is 3.30. The Morgan fingerprint density at radius 1 is 0.964 bits per heavy atom. The van der Waals surface area contributed by atoms with Crippen molar-refractivity contribution in [2.75, 3.05) is 4.72 Å². The lowest BCUT2D eigenvalue weighted by Gasteiger charge is -2.16. The second-order valence-electron chi connectivity index (χ2n) is 5.50. The molecule has 0 aliphatic heterocycles. The molecule has 2 rings (SSSR count). The molecule has 0 bridgehead atoms. The number of anilines is 1. The fourth-order valence-corrected chi connectivity index (χ4v) is 3.15. The molecule has 0 amide bonds. The summed E-state index contributed by atoms with van der Waals surface area (Å²) in [4.78, 5) is 11.3. The zero-order chi connectivity index (χ0) is 21.3. The maximum Gasteiger partial charge on any atom is 0.573 e. The van der Waals surface area contributed by atoms with Gasteiger partial charge in [0.15, 0.2) is 0 Å². The highest BCUT2D eigenvalue weighted by Crippen LogP contribution is 2.32. The van der Waals surface area contributed by atoms with Gasteiger partial charge < -0.3 is 4.74 Å².